The lowest BCUT2D eigenvalue weighted by Crippen LogP contribution is -2.14. The summed E-state index contributed by atoms with van der Waals surface area (Å²) in [7, 11) is 1.87. The maximum atomic E-state index is 13.5. The average Bonchev–Trinajstić information content (AvgIpc) is 2.59. The van der Waals surface area contributed by atoms with Crippen molar-refractivity contribution in [1.82, 2.24) is 9.55 Å². The van der Waals surface area contributed by atoms with Crippen LogP contribution in [0.15, 0.2) is 18.2 Å². The number of rotatable bonds is 3. The Hall–Kier alpha value is -1.42. The maximum Gasteiger partial charge on any atom is 0.151 e. The number of imidazole rings is 1. The van der Waals surface area contributed by atoms with Crippen LogP contribution in [0.5, 0.6) is 0 Å². The predicted octanol–water partition coefficient (Wildman–Crippen LogP) is 2.51. The van der Waals surface area contributed by atoms with Crippen LogP contribution in [0.3, 0.4) is 0 Å². The van der Waals surface area contributed by atoms with Gasteiger partial charge in [-0.2, -0.15) is 0 Å². The molecule has 0 aliphatic rings. The van der Waals surface area contributed by atoms with E-state index in [4.69, 9.17) is 5.73 Å². The van der Waals surface area contributed by atoms with Crippen LogP contribution in [-0.4, -0.2) is 9.55 Å². The molecule has 1 atom stereocenters. The number of fused-ring (bicyclic) bond motifs is 1. The Balaban J connectivity index is 2.55. The van der Waals surface area contributed by atoms with Crippen LogP contribution in [0, 0.1) is 5.82 Å². The Labute approximate surface area is 94.1 Å². The van der Waals surface area contributed by atoms with E-state index < -0.39 is 0 Å². The lowest BCUT2D eigenvalue weighted by atomic mass is 10.2. The Morgan fingerprint density at radius 3 is 2.88 bits per heavy atom. The third-order valence-corrected chi connectivity index (χ3v) is 2.83. The van der Waals surface area contributed by atoms with E-state index in [0.29, 0.717) is 5.52 Å². The Morgan fingerprint density at radius 2 is 2.25 bits per heavy atom. The molecular weight excluding hydrogens is 205 g/mol. The van der Waals surface area contributed by atoms with Gasteiger partial charge in [0.15, 0.2) is 5.82 Å². The third kappa shape index (κ3) is 1.69. The molecule has 16 heavy (non-hydrogen) atoms. The summed E-state index contributed by atoms with van der Waals surface area (Å²) in [4.78, 5) is 4.29. The lowest BCUT2D eigenvalue weighted by Gasteiger charge is -2.09. The van der Waals surface area contributed by atoms with Gasteiger partial charge in [-0.15, -0.1) is 0 Å². The molecule has 0 saturated carbocycles. The summed E-state index contributed by atoms with van der Waals surface area (Å²) < 4.78 is 15.4. The molecule has 1 aromatic carbocycles. The first-order valence-electron chi connectivity index (χ1n) is 5.51. The standard InChI is InChI=1S/C12H16FN3/c1-3-5-9(14)12-15-11-8(13)6-4-7-10(11)16(12)2/h4,6-7,9H,3,5,14H2,1-2H3. The number of nitrogens with zero attached hydrogens (tertiary/aromatic N) is 2. The van der Waals surface area contributed by atoms with Crippen LogP contribution >= 0.6 is 0 Å². The summed E-state index contributed by atoms with van der Waals surface area (Å²) in [5.41, 5.74) is 7.22. The van der Waals surface area contributed by atoms with Gasteiger partial charge in [0.25, 0.3) is 0 Å². The zero-order valence-electron chi connectivity index (χ0n) is 9.57. The van der Waals surface area contributed by atoms with Gasteiger partial charge in [-0.3, -0.25) is 0 Å². The molecule has 0 aliphatic carbocycles. The average molecular weight is 221 g/mol. The van der Waals surface area contributed by atoms with Gasteiger partial charge in [0.05, 0.1) is 11.6 Å². The van der Waals surface area contributed by atoms with Gasteiger partial charge >= 0.3 is 0 Å². The van der Waals surface area contributed by atoms with Crippen molar-refractivity contribution in [3.05, 3.63) is 29.8 Å². The number of aryl methyl sites for hydroxylation is 1. The van der Waals surface area contributed by atoms with Crippen molar-refractivity contribution in [2.45, 2.75) is 25.8 Å². The molecule has 0 amide bonds. The van der Waals surface area contributed by atoms with Gasteiger partial charge in [0.1, 0.15) is 11.3 Å². The molecular formula is C12H16FN3. The van der Waals surface area contributed by atoms with E-state index in [-0.39, 0.29) is 11.9 Å². The Kier molecular flexibility index (Phi) is 2.92. The predicted molar refractivity (Wildman–Crippen MR) is 62.5 cm³/mol. The van der Waals surface area contributed by atoms with Crippen LogP contribution in [-0.2, 0) is 7.05 Å². The molecule has 0 bridgehead atoms. The molecule has 86 valence electrons. The molecule has 2 rings (SSSR count). The first-order valence-corrected chi connectivity index (χ1v) is 5.51. The van der Waals surface area contributed by atoms with E-state index in [9.17, 15) is 4.39 Å². The van der Waals surface area contributed by atoms with E-state index >= 15 is 0 Å². The summed E-state index contributed by atoms with van der Waals surface area (Å²) in [5, 5.41) is 0. The van der Waals surface area contributed by atoms with Crippen LogP contribution in [0.25, 0.3) is 11.0 Å². The zero-order valence-corrected chi connectivity index (χ0v) is 9.57. The number of para-hydroxylation sites is 1. The van der Waals surface area contributed by atoms with Crippen molar-refractivity contribution in [1.29, 1.82) is 0 Å². The molecule has 0 fully saturated rings. The van der Waals surface area contributed by atoms with Crippen molar-refractivity contribution in [2.75, 3.05) is 0 Å². The molecule has 1 aromatic heterocycles. The van der Waals surface area contributed by atoms with Crippen LogP contribution in [0.4, 0.5) is 4.39 Å². The topological polar surface area (TPSA) is 43.8 Å². The molecule has 0 aliphatic heterocycles. The van der Waals surface area contributed by atoms with Crippen LogP contribution in [0.1, 0.15) is 31.6 Å². The summed E-state index contributed by atoms with van der Waals surface area (Å²) >= 11 is 0. The Bertz CT molecular complexity index is 504. The molecule has 4 heteroatoms. The Morgan fingerprint density at radius 1 is 1.50 bits per heavy atom. The van der Waals surface area contributed by atoms with Crippen molar-refractivity contribution in [2.24, 2.45) is 12.8 Å². The van der Waals surface area contributed by atoms with Gasteiger partial charge < -0.3 is 10.3 Å². The smallest absolute Gasteiger partial charge is 0.151 e. The number of aromatic nitrogens is 2. The second-order valence-electron chi connectivity index (χ2n) is 4.03. The summed E-state index contributed by atoms with van der Waals surface area (Å²) in [6.45, 7) is 2.07. The number of halogens is 1. The summed E-state index contributed by atoms with van der Waals surface area (Å²) in [5.74, 6) is 0.463. The molecule has 3 nitrogen and oxygen atoms in total. The molecule has 0 saturated heterocycles. The van der Waals surface area contributed by atoms with E-state index in [1.807, 2.05) is 17.7 Å². The number of hydrogen-bond acceptors (Lipinski definition) is 2. The summed E-state index contributed by atoms with van der Waals surface area (Å²) in [6, 6.07) is 4.84. The van der Waals surface area contributed by atoms with Gasteiger partial charge in [0, 0.05) is 7.05 Å². The minimum atomic E-state index is -0.289. The SMILES string of the molecule is CCCC(N)c1nc2c(F)cccc2n1C. The number of nitrogens with two attached hydrogens (primary N) is 1. The molecule has 2 N–H and O–H groups in total. The van der Waals surface area contributed by atoms with E-state index in [1.54, 1.807) is 6.07 Å². The molecule has 0 radical (unpaired) electrons. The van der Waals surface area contributed by atoms with Gasteiger partial charge in [-0.1, -0.05) is 19.4 Å². The van der Waals surface area contributed by atoms with Gasteiger partial charge in [0.2, 0.25) is 0 Å². The second kappa shape index (κ2) is 4.22. The minimum absolute atomic E-state index is 0.123. The first kappa shape index (κ1) is 11.1. The molecule has 0 spiro atoms. The minimum Gasteiger partial charge on any atom is -0.330 e. The highest BCUT2D eigenvalue weighted by Crippen LogP contribution is 2.22. The van der Waals surface area contributed by atoms with Gasteiger partial charge in [-0.05, 0) is 18.6 Å². The highest BCUT2D eigenvalue weighted by molar-refractivity contribution is 5.76. The normalized spacial score (nSPS) is 13.2. The highest BCUT2D eigenvalue weighted by Gasteiger charge is 2.15. The fourth-order valence-corrected chi connectivity index (χ4v) is 1.97. The molecule has 1 unspecified atom stereocenters. The van der Waals surface area contributed by atoms with E-state index in [2.05, 4.69) is 11.9 Å². The van der Waals surface area contributed by atoms with Crippen molar-refractivity contribution < 1.29 is 4.39 Å². The zero-order chi connectivity index (χ0) is 11.7. The monoisotopic (exact) mass is 221 g/mol. The second-order valence-corrected chi connectivity index (χ2v) is 4.03. The maximum absolute atomic E-state index is 13.5. The highest BCUT2D eigenvalue weighted by atomic mass is 19.1. The van der Waals surface area contributed by atoms with Crippen molar-refractivity contribution in [3.8, 4) is 0 Å². The quantitative estimate of drug-likeness (QED) is 0.865. The van der Waals surface area contributed by atoms with E-state index in [0.717, 1.165) is 24.2 Å². The van der Waals surface area contributed by atoms with E-state index in [1.165, 1.54) is 6.07 Å². The molecule has 2 aromatic rings. The third-order valence-electron chi connectivity index (χ3n) is 2.83. The molecule has 1 heterocycles. The van der Waals surface area contributed by atoms with Crippen molar-refractivity contribution >= 4 is 11.0 Å². The fourth-order valence-electron chi connectivity index (χ4n) is 1.97. The largest absolute Gasteiger partial charge is 0.330 e. The number of benzene rings is 1. The number of hydrogen-bond donors (Lipinski definition) is 1. The van der Waals surface area contributed by atoms with Crippen LogP contribution < -0.4 is 5.73 Å². The summed E-state index contributed by atoms with van der Waals surface area (Å²) in [6.07, 6.45) is 1.85. The van der Waals surface area contributed by atoms with Crippen LogP contribution in [0.2, 0.25) is 0 Å². The van der Waals surface area contributed by atoms with Gasteiger partial charge in [-0.25, -0.2) is 9.37 Å². The lowest BCUT2D eigenvalue weighted by molar-refractivity contribution is 0.583. The fraction of sp³-hybridized carbons (Fsp3) is 0.417. The first-order chi connectivity index (χ1) is 7.65. The van der Waals surface area contributed by atoms with Crippen molar-refractivity contribution in [3.63, 3.8) is 0 Å².